The highest BCUT2D eigenvalue weighted by Gasteiger charge is 2.26. The molecular weight excluding hydrogens is 258 g/mol. The van der Waals surface area contributed by atoms with Crippen LogP contribution in [0, 0.1) is 18.8 Å². The van der Waals surface area contributed by atoms with Crippen LogP contribution in [-0.4, -0.2) is 24.1 Å². The Hall–Kier alpha value is -1.09. The zero-order chi connectivity index (χ0) is 15.4. The molecule has 21 heavy (non-hydrogen) atoms. The van der Waals surface area contributed by atoms with Gasteiger partial charge in [0.1, 0.15) is 5.82 Å². The molecule has 1 fully saturated rings. The standard InChI is InChI=1S/C18H31N3/c1-13(2)10-19-11-17-8-9-18(20-15(17)5)21(14(3)4)12-16-6-7-16/h8-9,13-14,16,19H,6-7,10-12H2,1-5H3. The van der Waals surface area contributed by atoms with E-state index in [0.717, 1.165) is 37.1 Å². The molecule has 0 radical (unpaired) electrons. The molecule has 1 aliphatic carbocycles. The molecule has 1 heterocycles. The van der Waals surface area contributed by atoms with E-state index in [1.165, 1.54) is 18.4 Å². The fraction of sp³-hybridized carbons (Fsp3) is 0.722. The normalized spacial score (nSPS) is 15.0. The largest absolute Gasteiger partial charge is 0.354 e. The Balaban J connectivity index is 2.02. The van der Waals surface area contributed by atoms with Gasteiger partial charge in [0.05, 0.1) is 0 Å². The van der Waals surface area contributed by atoms with Gasteiger partial charge in [-0.1, -0.05) is 19.9 Å². The van der Waals surface area contributed by atoms with Crippen LogP contribution in [0.5, 0.6) is 0 Å². The van der Waals surface area contributed by atoms with Crippen LogP contribution in [0.3, 0.4) is 0 Å². The zero-order valence-corrected chi connectivity index (χ0v) is 14.3. The van der Waals surface area contributed by atoms with Crippen molar-refractivity contribution < 1.29 is 0 Å². The number of anilines is 1. The molecule has 118 valence electrons. The summed E-state index contributed by atoms with van der Waals surface area (Å²) in [5.41, 5.74) is 2.47. The molecule has 2 rings (SSSR count). The average Bonchev–Trinajstić information content (AvgIpc) is 3.21. The van der Waals surface area contributed by atoms with Crippen LogP contribution >= 0.6 is 0 Å². The van der Waals surface area contributed by atoms with Gasteiger partial charge in [-0.2, -0.15) is 0 Å². The predicted molar refractivity (Wildman–Crippen MR) is 90.7 cm³/mol. The molecular formula is C18H31N3. The van der Waals surface area contributed by atoms with Crippen LogP contribution in [0.2, 0.25) is 0 Å². The molecule has 3 nitrogen and oxygen atoms in total. The minimum Gasteiger partial charge on any atom is -0.354 e. The molecule has 0 atom stereocenters. The van der Waals surface area contributed by atoms with Crippen molar-refractivity contribution in [2.24, 2.45) is 11.8 Å². The van der Waals surface area contributed by atoms with Gasteiger partial charge >= 0.3 is 0 Å². The van der Waals surface area contributed by atoms with E-state index in [4.69, 9.17) is 4.98 Å². The minimum absolute atomic E-state index is 0.516. The van der Waals surface area contributed by atoms with Crippen LogP contribution < -0.4 is 10.2 Å². The number of nitrogens with zero attached hydrogens (tertiary/aromatic N) is 2. The van der Waals surface area contributed by atoms with Crippen molar-refractivity contribution in [2.45, 2.75) is 60.0 Å². The Bertz CT molecular complexity index is 450. The van der Waals surface area contributed by atoms with E-state index in [2.05, 4.69) is 57.0 Å². The maximum atomic E-state index is 4.86. The second kappa shape index (κ2) is 7.26. The van der Waals surface area contributed by atoms with Crippen molar-refractivity contribution in [1.29, 1.82) is 0 Å². The number of hydrogen-bond acceptors (Lipinski definition) is 3. The lowest BCUT2D eigenvalue weighted by Gasteiger charge is -2.28. The van der Waals surface area contributed by atoms with E-state index in [0.29, 0.717) is 12.0 Å². The first kappa shape index (κ1) is 16.3. The zero-order valence-electron chi connectivity index (χ0n) is 14.3. The third kappa shape index (κ3) is 4.99. The van der Waals surface area contributed by atoms with Gasteiger partial charge in [-0.15, -0.1) is 0 Å². The summed E-state index contributed by atoms with van der Waals surface area (Å²) in [6.07, 6.45) is 2.78. The third-order valence-electron chi connectivity index (χ3n) is 4.12. The first-order valence-electron chi connectivity index (χ1n) is 8.41. The van der Waals surface area contributed by atoms with Crippen molar-refractivity contribution in [3.05, 3.63) is 23.4 Å². The molecule has 0 spiro atoms. The molecule has 0 unspecified atom stereocenters. The fourth-order valence-electron chi connectivity index (χ4n) is 2.57. The maximum absolute atomic E-state index is 4.86. The van der Waals surface area contributed by atoms with E-state index in [9.17, 15) is 0 Å². The van der Waals surface area contributed by atoms with Gasteiger partial charge < -0.3 is 10.2 Å². The highest BCUT2D eigenvalue weighted by molar-refractivity contribution is 5.42. The topological polar surface area (TPSA) is 28.2 Å². The summed E-state index contributed by atoms with van der Waals surface area (Å²) in [4.78, 5) is 7.31. The van der Waals surface area contributed by atoms with Gasteiger partial charge in [0.25, 0.3) is 0 Å². The second-order valence-corrected chi connectivity index (χ2v) is 7.13. The van der Waals surface area contributed by atoms with Crippen molar-refractivity contribution in [1.82, 2.24) is 10.3 Å². The first-order chi connectivity index (χ1) is 9.97. The quantitative estimate of drug-likeness (QED) is 0.790. The molecule has 0 bridgehead atoms. The number of aryl methyl sites for hydroxylation is 1. The third-order valence-corrected chi connectivity index (χ3v) is 4.12. The predicted octanol–water partition coefficient (Wildman–Crippen LogP) is 3.76. The van der Waals surface area contributed by atoms with Gasteiger partial charge in [0.2, 0.25) is 0 Å². The molecule has 0 aliphatic heterocycles. The number of nitrogens with one attached hydrogen (secondary N) is 1. The van der Waals surface area contributed by atoms with Crippen LogP contribution in [0.1, 0.15) is 51.8 Å². The number of hydrogen-bond donors (Lipinski definition) is 1. The summed E-state index contributed by atoms with van der Waals surface area (Å²) >= 11 is 0. The maximum Gasteiger partial charge on any atom is 0.129 e. The van der Waals surface area contributed by atoms with E-state index in [-0.39, 0.29) is 0 Å². The lowest BCUT2D eigenvalue weighted by atomic mass is 10.1. The Kier molecular flexibility index (Phi) is 5.63. The van der Waals surface area contributed by atoms with Crippen LogP contribution in [0.15, 0.2) is 12.1 Å². The van der Waals surface area contributed by atoms with Gasteiger partial charge in [-0.3, -0.25) is 0 Å². The highest BCUT2D eigenvalue weighted by atomic mass is 15.2. The molecule has 1 aromatic heterocycles. The molecule has 1 saturated carbocycles. The van der Waals surface area contributed by atoms with Gasteiger partial charge in [-0.25, -0.2) is 4.98 Å². The molecule has 1 aromatic rings. The summed E-state index contributed by atoms with van der Waals surface area (Å²) in [7, 11) is 0. The number of aromatic nitrogens is 1. The summed E-state index contributed by atoms with van der Waals surface area (Å²) in [6.45, 7) is 14.3. The second-order valence-electron chi connectivity index (χ2n) is 7.13. The van der Waals surface area contributed by atoms with Crippen molar-refractivity contribution in [3.63, 3.8) is 0 Å². The van der Waals surface area contributed by atoms with E-state index in [1.54, 1.807) is 0 Å². The lowest BCUT2D eigenvalue weighted by Crippen LogP contribution is -2.33. The number of rotatable bonds is 8. The Labute approximate surface area is 130 Å². The molecule has 0 amide bonds. The molecule has 3 heteroatoms. The monoisotopic (exact) mass is 289 g/mol. The molecule has 1 aliphatic rings. The van der Waals surface area contributed by atoms with Crippen molar-refractivity contribution >= 4 is 5.82 Å². The SMILES string of the molecule is Cc1nc(N(CC2CC2)C(C)C)ccc1CNCC(C)C. The highest BCUT2D eigenvalue weighted by Crippen LogP contribution is 2.32. The van der Waals surface area contributed by atoms with Crippen molar-refractivity contribution in [3.8, 4) is 0 Å². The minimum atomic E-state index is 0.516. The number of pyridine rings is 1. The van der Waals surface area contributed by atoms with Gasteiger partial charge in [0.15, 0.2) is 0 Å². The van der Waals surface area contributed by atoms with E-state index < -0.39 is 0 Å². The van der Waals surface area contributed by atoms with E-state index in [1.807, 2.05) is 0 Å². The van der Waals surface area contributed by atoms with Crippen LogP contribution in [-0.2, 0) is 6.54 Å². The van der Waals surface area contributed by atoms with Gasteiger partial charge in [0, 0.05) is 24.8 Å². The van der Waals surface area contributed by atoms with Crippen LogP contribution in [0.4, 0.5) is 5.82 Å². The van der Waals surface area contributed by atoms with Gasteiger partial charge in [-0.05, 0) is 63.6 Å². The summed E-state index contributed by atoms with van der Waals surface area (Å²) in [6, 6.07) is 4.96. The molecule has 0 saturated heterocycles. The lowest BCUT2D eigenvalue weighted by molar-refractivity contribution is 0.550. The first-order valence-corrected chi connectivity index (χ1v) is 8.41. The summed E-state index contributed by atoms with van der Waals surface area (Å²) in [5, 5.41) is 3.50. The average molecular weight is 289 g/mol. The Morgan fingerprint density at radius 1 is 1.24 bits per heavy atom. The molecule has 1 N–H and O–H groups in total. The van der Waals surface area contributed by atoms with Crippen LogP contribution in [0.25, 0.3) is 0 Å². The van der Waals surface area contributed by atoms with E-state index >= 15 is 0 Å². The smallest absolute Gasteiger partial charge is 0.129 e. The van der Waals surface area contributed by atoms with Crippen molar-refractivity contribution in [2.75, 3.05) is 18.0 Å². The Morgan fingerprint density at radius 3 is 2.48 bits per heavy atom. The summed E-state index contributed by atoms with van der Waals surface area (Å²) in [5.74, 6) is 2.72. The fourth-order valence-corrected chi connectivity index (χ4v) is 2.57. The molecule has 0 aromatic carbocycles. The summed E-state index contributed by atoms with van der Waals surface area (Å²) < 4.78 is 0. The Morgan fingerprint density at radius 2 is 1.95 bits per heavy atom.